The SMILES string of the molecule is Cc1cccc(N2CCN(C(C)c3nc(-c4cccc(C(F)(F)F)c4)no3)CC2)c1C. The Kier molecular flexibility index (Phi) is 5.75. The van der Waals surface area contributed by atoms with Crippen LogP contribution in [0.1, 0.15) is 35.5 Å². The quantitative estimate of drug-likeness (QED) is 0.565. The molecule has 31 heavy (non-hydrogen) atoms. The lowest BCUT2D eigenvalue weighted by molar-refractivity contribution is -0.137. The van der Waals surface area contributed by atoms with E-state index in [0.29, 0.717) is 5.89 Å². The zero-order chi connectivity index (χ0) is 22.2. The minimum atomic E-state index is -4.41. The lowest BCUT2D eigenvalue weighted by Gasteiger charge is -2.38. The molecular formula is C23H25F3N4O. The van der Waals surface area contributed by atoms with Crippen LogP contribution in [0.5, 0.6) is 0 Å². The monoisotopic (exact) mass is 430 g/mol. The molecule has 1 aliphatic rings. The number of anilines is 1. The molecule has 3 aromatic rings. The molecule has 164 valence electrons. The van der Waals surface area contributed by atoms with Crippen LogP contribution in [0.15, 0.2) is 47.0 Å². The Morgan fingerprint density at radius 1 is 1.00 bits per heavy atom. The number of aryl methyl sites for hydroxylation is 1. The Balaban J connectivity index is 1.44. The van der Waals surface area contributed by atoms with Crippen LogP contribution in [-0.2, 0) is 6.18 Å². The molecule has 1 saturated heterocycles. The molecule has 0 aliphatic carbocycles. The molecule has 8 heteroatoms. The molecule has 2 heterocycles. The summed E-state index contributed by atoms with van der Waals surface area (Å²) in [4.78, 5) is 9.02. The summed E-state index contributed by atoms with van der Waals surface area (Å²) in [5, 5.41) is 3.92. The van der Waals surface area contributed by atoms with Crippen molar-refractivity contribution >= 4 is 5.69 Å². The lowest BCUT2D eigenvalue weighted by Crippen LogP contribution is -2.47. The van der Waals surface area contributed by atoms with Crippen LogP contribution in [0.4, 0.5) is 18.9 Å². The molecule has 0 saturated carbocycles. The first-order valence-corrected chi connectivity index (χ1v) is 10.3. The van der Waals surface area contributed by atoms with Crippen molar-refractivity contribution in [3.63, 3.8) is 0 Å². The zero-order valence-corrected chi connectivity index (χ0v) is 17.8. The Bertz CT molecular complexity index is 1050. The first-order chi connectivity index (χ1) is 14.7. The summed E-state index contributed by atoms with van der Waals surface area (Å²) in [7, 11) is 0. The number of hydrogen-bond acceptors (Lipinski definition) is 5. The molecule has 1 atom stereocenters. The van der Waals surface area contributed by atoms with E-state index in [4.69, 9.17) is 4.52 Å². The van der Waals surface area contributed by atoms with Gasteiger partial charge >= 0.3 is 6.18 Å². The predicted molar refractivity (Wildman–Crippen MR) is 113 cm³/mol. The number of hydrogen-bond donors (Lipinski definition) is 0. The van der Waals surface area contributed by atoms with E-state index >= 15 is 0 Å². The molecule has 1 aromatic heterocycles. The van der Waals surface area contributed by atoms with Gasteiger partial charge in [0.05, 0.1) is 11.6 Å². The van der Waals surface area contributed by atoms with Gasteiger partial charge < -0.3 is 9.42 Å². The maximum Gasteiger partial charge on any atom is 0.416 e. The molecule has 0 radical (unpaired) electrons. The van der Waals surface area contributed by atoms with E-state index in [1.165, 1.54) is 22.9 Å². The molecule has 0 spiro atoms. The third-order valence-electron chi connectivity index (χ3n) is 6.03. The van der Waals surface area contributed by atoms with Crippen LogP contribution in [0.3, 0.4) is 0 Å². The number of piperazine rings is 1. The van der Waals surface area contributed by atoms with Crippen molar-refractivity contribution in [1.29, 1.82) is 0 Å². The molecule has 1 unspecified atom stereocenters. The smallest absolute Gasteiger partial charge is 0.369 e. The fourth-order valence-electron chi connectivity index (χ4n) is 3.94. The van der Waals surface area contributed by atoms with Gasteiger partial charge in [0.15, 0.2) is 0 Å². The molecule has 5 nitrogen and oxygen atoms in total. The highest BCUT2D eigenvalue weighted by molar-refractivity contribution is 5.57. The van der Waals surface area contributed by atoms with E-state index in [1.807, 2.05) is 6.92 Å². The van der Waals surface area contributed by atoms with Gasteiger partial charge in [-0.3, -0.25) is 4.90 Å². The van der Waals surface area contributed by atoms with Gasteiger partial charge in [0.25, 0.3) is 0 Å². The first-order valence-electron chi connectivity index (χ1n) is 10.3. The van der Waals surface area contributed by atoms with Crippen LogP contribution < -0.4 is 4.90 Å². The van der Waals surface area contributed by atoms with E-state index in [0.717, 1.165) is 38.3 Å². The predicted octanol–water partition coefficient (Wildman–Crippen LogP) is 5.26. The van der Waals surface area contributed by atoms with Gasteiger partial charge in [0, 0.05) is 37.4 Å². The molecule has 0 amide bonds. The molecule has 4 rings (SSSR count). The normalized spacial score (nSPS) is 16.5. The van der Waals surface area contributed by atoms with Crippen molar-refractivity contribution in [2.24, 2.45) is 0 Å². The summed E-state index contributed by atoms with van der Waals surface area (Å²) >= 11 is 0. The minimum Gasteiger partial charge on any atom is -0.369 e. The lowest BCUT2D eigenvalue weighted by atomic mass is 10.1. The Labute approximate surface area is 179 Å². The van der Waals surface area contributed by atoms with Crippen molar-refractivity contribution in [3.05, 3.63) is 65.0 Å². The highest BCUT2D eigenvalue weighted by atomic mass is 19.4. The highest BCUT2D eigenvalue weighted by Gasteiger charge is 2.31. The van der Waals surface area contributed by atoms with Crippen molar-refractivity contribution < 1.29 is 17.7 Å². The summed E-state index contributed by atoms with van der Waals surface area (Å²) in [6.07, 6.45) is -4.41. The van der Waals surface area contributed by atoms with Gasteiger partial charge in [0.2, 0.25) is 11.7 Å². The number of rotatable bonds is 4. The number of benzene rings is 2. The second-order valence-corrected chi connectivity index (χ2v) is 7.95. The van der Waals surface area contributed by atoms with Crippen molar-refractivity contribution in [2.45, 2.75) is 33.0 Å². The van der Waals surface area contributed by atoms with Gasteiger partial charge in [-0.1, -0.05) is 29.4 Å². The number of nitrogens with zero attached hydrogens (tertiary/aromatic N) is 4. The van der Waals surface area contributed by atoms with E-state index in [9.17, 15) is 13.2 Å². The van der Waals surface area contributed by atoms with Crippen LogP contribution in [0.25, 0.3) is 11.4 Å². The Morgan fingerprint density at radius 2 is 1.71 bits per heavy atom. The summed E-state index contributed by atoms with van der Waals surface area (Å²) in [5.41, 5.74) is 3.40. The number of alkyl halides is 3. The minimum absolute atomic E-state index is 0.118. The van der Waals surface area contributed by atoms with Crippen molar-refractivity contribution in [1.82, 2.24) is 15.0 Å². The fraction of sp³-hybridized carbons (Fsp3) is 0.391. The van der Waals surface area contributed by atoms with E-state index in [-0.39, 0.29) is 17.4 Å². The molecule has 1 aliphatic heterocycles. The number of aromatic nitrogens is 2. The number of halogens is 3. The second-order valence-electron chi connectivity index (χ2n) is 7.95. The largest absolute Gasteiger partial charge is 0.416 e. The summed E-state index contributed by atoms with van der Waals surface area (Å²) in [6, 6.07) is 11.2. The first kappa shape index (κ1) is 21.4. The van der Waals surface area contributed by atoms with Crippen LogP contribution in [0.2, 0.25) is 0 Å². The topological polar surface area (TPSA) is 45.4 Å². The van der Waals surface area contributed by atoms with Gasteiger partial charge in [-0.2, -0.15) is 18.2 Å². The third-order valence-corrected chi connectivity index (χ3v) is 6.03. The van der Waals surface area contributed by atoms with E-state index in [1.54, 1.807) is 6.07 Å². The molecule has 1 fully saturated rings. The second kappa shape index (κ2) is 8.34. The fourth-order valence-corrected chi connectivity index (χ4v) is 3.94. The highest BCUT2D eigenvalue weighted by Crippen LogP contribution is 2.32. The van der Waals surface area contributed by atoms with Gasteiger partial charge in [-0.15, -0.1) is 0 Å². The Morgan fingerprint density at radius 3 is 2.42 bits per heavy atom. The van der Waals surface area contributed by atoms with Gasteiger partial charge in [0.1, 0.15) is 0 Å². The van der Waals surface area contributed by atoms with Crippen LogP contribution >= 0.6 is 0 Å². The summed E-state index contributed by atoms with van der Waals surface area (Å²) < 4.78 is 44.4. The van der Waals surface area contributed by atoms with E-state index in [2.05, 4.69) is 52.0 Å². The molecule has 0 N–H and O–H groups in total. The summed E-state index contributed by atoms with van der Waals surface area (Å²) in [6.45, 7) is 9.66. The maximum absolute atomic E-state index is 13.0. The third kappa shape index (κ3) is 4.44. The maximum atomic E-state index is 13.0. The van der Waals surface area contributed by atoms with E-state index < -0.39 is 11.7 Å². The molecule has 0 bridgehead atoms. The van der Waals surface area contributed by atoms with Gasteiger partial charge in [-0.05, 0) is 50.1 Å². The van der Waals surface area contributed by atoms with Crippen molar-refractivity contribution in [2.75, 3.05) is 31.1 Å². The average molecular weight is 430 g/mol. The van der Waals surface area contributed by atoms with Crippen LogP contribution in [-0.4, -0.2) is 41.2 Å². The average Bonchev–Trinajstić information content (AvgIpc) is 3.25. The molecular weight excluding hydrogens is 405 g/mol. The van der Waals surface area contributed by atoms with Crippen LogP contribution in [0, 0.1) is 13.8 Å². The van der Waals surface area contributed by atoms with Crippen molar-refractivity contribution in [3.8, 4) is 11.4 Å². The summed E-state index contributed by atoms with van der Waals surface area (Å²) in [5.74, 6) is 0.578. The zero-order valence-electron chi connectivity index (χ0n) is 17.8. The molecule has 2 aromatic carbocycles. The standard InChI is InChI=1S/C23H25F3N4O/c1-15-6-4-9-20(16(15)2)30-12-10-29(11-13-30)17(3)22-27-21(28-31-22)18-7-5-8-19(14-18)23(24,25)26/h4-9,14,17H,10-13H2,1-3H3. The Hall–Kier alpha value is -2.87. The van der Waals surface area contributed by atoms with Gasteiger partial charge in [-0.25, -0.2) is 0 Å².